The molecule has 0 N–H and O–H groups in total. The van der Waals surface area contributed by atoms with Crippen molar-refractivity contribution in [1.82, 2.24) is 4.90 Å². The van der Waals surface area contributed by atoms with Crippen LogP contribution in [0.3, 0.4) is 0 Å². The Bertz CT molecular complexity index is 726. The van der Waals surface area contributed by atoms with Crippen molar-refractivity contribution in [1.29, 1.82) is 0 Å². The summed E-state index contributed by atoms with van der Waals surface area (Å²) in [5.74, 6) is -1.39. The zero-order chi connectivity index (χ0) is 16.3. The zero-order valence-electron chi connectivity index (χ0n) is 13.0. The lowest BCUT2D eigenvalue weighted by Gasteiger charge is -2.32. The highest BCUT2D eigenvalue weighted by Crippen LogP contribution is 2.54. The number of carbonyl (C=O) groups excluding carboxylic acids is 2. The minimum Gasteiger partial charge on any atom is -0.357 e. The van der Waals surface area contributed by atoms with Gasteiger partial charge in [-0.25, -0.2) is 0 Å². The van der Waals surface area contributed by atoms with Crippen molar-refractivity contribution >= 4 is 11.8 Å². The topological polar surface area (TPSA) is 65.1 Å². The lowest BCUT2D eigenvalue weighted by atomic mass is 9.76. The quantitative estimate of drug-likeness (QED) is 0.609. The molecule has 2 bridgehead atoms. The standard InChI is InChI=1S/C18H17NO5/c20-15-13-12-6-7-18(24-12,17-22-8-9-23-17)14(13)16(21)19(15)10-11-4-2-1-3-5-11/h1-7,12-14,17H,8-10H2/t12-,13-,14+,18-/m1/s1. The van der Waals surface area contributed by atoms with Crippen molar-refractivity contribution in [3.8, 4) is 0 Å². The summed E-state index contributed by atoms with van der Waals surface area (Å²) in [5.41, 5.74) is -0.0351. The number of hydrogen-bond acceptors (Lipinski definition) is 5. The van der Waals surface area contributed by atoms with Gasteiger partial charge in [-0.05, 0) is 11.6 Å². The van der Waals surface area contributed by atoms with Gasteiger partial charge >= 0.3 is 0 Å². The minimum absolute atomic E-state index is 0.164. The summed E-state index contributed by atoms with van der Waals surface area (Å²) < 4.78 is 17.3. The second kappa shape index (κ2) is 4.99. The Balaban J connectivity index is 1.48. The molecule has 5 rings (SSSR count). The Morgan fingerprint density at radius 2 is 1.83 bits per heavy atom. The van der Waals surface area contributed by atoms with Crippen LogP contribution in [0.5, 0.6) is 0 Å². The fourth-order valence-corrected chi connectivity index (χ4v) is 4.31. The van der Waals surface area contributed by atoms with Crippen LogP contribution in [-0.2, 0) is 30.3 Å². The lowest BCUT2D eigenvalue weighted by molar-refractivity contribution is -0.183. The fraction of sp³-hybridized carbons (Fsp3) is 0.444. The van der Waals surface area contributed by atoms with Crippen molar-refractivity contribution in [2.75, 3.05) is 13.2 Å². The molecule has 124 valence electrons. The third-order valence-corrected chi connectivity index (χ3v) is 5.34. The number of likely N-dealkylation sites (tertiary alicyclic amines) is 1. The van der Waals surface area contributed by atoms with E-state index in [1.165, 1.54) is 4.90 Å². The number of nitrogens with zero attached hydrogens (tertiary/aromatic N) is 1. The van der Waals surface area contributed by atoms with E-state index in [1.807, 2.05) is 42.5 Å². The van der Waals surface area contributed by atoms with Crippen LogP contribution in [0.4, 0.5) is 0 Å². The molecular formula is C18H17NO5. The van der Waals surface area contributed by atoms with Gasteiger partial charge in [0.1, 0.15) is 0 Å². The van der Waals surface area contributed by atoms with Gasteiger partial charge in [-0.2, -0.15) is 0 Å². The van der Waals surface area contributed by atoms with E-state index in [4.69, 9.17) is 14.2 Å². The number of amides is 2. The molecule has 3 fully saturated rings. The molecule has 4 atom stereocenters. The molecule has 4 aliphatic rings. The van der Waals surface area contributed by atoms with Crippen LogP contribution in [0.15, 0.2) is 42.5 Å². The van der Waals surface area contributed by atoms with Crippen LogP contribution < -0.4 is 0 Å². The third-order valence-electron chi connectivity index (χ3n) is 5.34. The highest BCUT2D eigenvalue weighted by atomic mass is 16.7. The smallest absolute Gasteiger partial charge is 0.237 e. The molecule has 6 nitrogen and oxygen atoms in total. The zero-order valence-corrected chi connectivity index (χ0v) is 13.0. The van der Waals surface area contributed by atoms with Gasteiger partial charge in [0, 0.05) is 0 Å². The molecule has 4 aliphatic heterocycles. The summed E-state index contributed by atoms with van der Waals surface area (Å²) in [7, 11) is 0. The van der Waals surface area contributed by atoms with E-state index in [0.717, 1.165) is 5.56 Å². The summed E-state index contributed by atoms with van der Waals surface area (Å²) >= 11 is 0. The lowest BCUT2D eigenvalue weighted by Crippen LogP contribution is -2.49. The summed E-state index contributed by atoms with van der Waals surface area (Å²) in [6.07, 6.45) is 2.72. The molecule has 24 heavy (non-hydrogen) atoms. The summed E-state index contributed by atoms with van der Waals surface area (Å²) in [6, 6.07) is 9.54. The second-order valence-corrected chi connectivity index (χ2v) is 6.62. The number of carbonyl (C=O) groups is 2. The van der Waals surface area contributed by atoms with E-state index in [-0.39, 0.29) is 17.9 Å². The van der Waals surface area contributed by atoms with Gasteiger partial charge in [0.2, 0.25) is 11.8 Å². The van der Waals surface area contributed by atoms with Crippen molar-refractivity contribution in [3.63, 3.8) is 0 Å². The number of ether oxygens (including phenoxy) is 3. The van der Waals surface area contributed by atoms with Gasteiger partial charge in [-0.3, -0.25) is 14.5 Å². The predicted molar refractivity (Wildman–Crippen MR) is 81.4 cm³/mol. The highest BCUT2D eigenvalue weighted by Gasteiger charge is 2.71. The van der Waals surface area contributed by atoms with Gasteiger partial charge in [0.05, 0.1) is 37.7 Å². The molecule has 1 aromatic rings. The molecule has 1 aromatic carbocycles. The van der Waals surface area contributed by atoms with Crippen LogP contribution in [0, 0.1) is 11.8 Å². The van der Waals surface area contributed by atoms with Crippen LogP contribution in [0.2, 0.25) is 0 Å². The molecule has 6 heteroatoms. The molecule has 3 saturated heterocycles. The van der Waals surface area contributed by atoms with Gasteiger partial charge < -0.3 is 14.2 Å². The first-order valence-corrected chi connectivity index (χ1v) is 8.20. The summed E-state index contributed by atoms with van der Waals surface area (Å²) in [4.78, 5) is 27.2. The predicted octanol–water partition coefficient (Wildman–Crippen LogP) is 0.868. The Hall–Kier alpha value is -2.02. The van der Waals surface area contributed by atoms with Crippen LogP contribution in [0.25, 0.3) is 0 Å². The maximum absolute atomic E-state index is 13.0. The number of fused-ring (bicyclic) bond motifs is 5. The van der Waals surface area contributed by atoms with E-state index in [2.05, 4.69) is 0 Å². The van der Waals surface area contributed by atoms with Crippen LogP contribution in [-0.4, -0.2) is 47.9 Å². The number of benzene rings is 1. The van der Waals surface area contributed by atoms with Gasteiger partial charge in [0.25, 0.3) is 0 Å². The molecule has 2 amide bonds. The fourth-order valence-electron chi connectivity index (χ4n) is 4.31. The first-order valence-electron chi connectivity index (χ1n) is 8.20. The highest BCUT2D eigenvalue weighted by molar-refractivity contribution is 6.07. The first-order chi connectivity index (χ1) is 11.7. The second-order valence-electron chi connectivity index (χ2n) is 6.62. The SMILES string of the molecule is O=C1[C@H]2[C@@H](C(=O)N1Cc1ccccc1)[C@@]1(C3OCCO3)C=C[C@H]2O1. The number of hydrogen-bond donors (Lipinski definition) is 0. The molecule has 0 saturated carbocycles. The van der Waals surface area contributed by atoms with Crippen LogP contribution in [0.1, 0.15) is 5.56 Å². The molecular weight excluding hydrogens is 310 g/mol. The molecule has 0 unspecified atom stereocenters. The van der Waals surface area contributed by atoms with Crippen molar-refractivity contribution in [3.05, 3.63) is 48.0 Å². The molecule has 0 aromatic heterocycles. The number of rotatable bonds is 3. The van der Waals surface area contributed by atoms with Crippen molar-refractivity contribution in [2.45, 2.75) is 24.5 Å². The van der Waals surface area contributed by atoms with E-state index < -0.39 is 23.7 Å². The Morgan fingerprint density at radius 1 is 1.08 bits per heavy atom. The third kappa shape index (κ3) is 1.76. The normalized spacial score (nSPS) is 37.7. The molecule has 0 aliphatic carbocycles. The minimum atomic E-state index is -0.968. The van der Waals surface area contributed by atoms with E-state index in [9.17, 15) is 9.59 Å². The van der Waals surface area contributed by atoms with Crippen LogP contribution >= 0.6 is 0 Å². The first kappa shape index (κ1) is 14.3. The summed E-state index contributed by atoms with van der Waals surface area (Å²) in [5, 5.41) is 0. The molecule has 0 spiro atoms. The van der Waals surface area contributed by atoms with E-state index in [1.54, 1.807) is 0 Å². The molecule has 0 radical (unpaired) electrons. The summed E-state index contributed by atoms with van der Waals surface area (Å²) in [6.45, 7) is 1.24. The number of imide groups is 1. The Morgan fingerprint density at radius 3 is 2.58 bits per heavy atom. The van der Waals surface area contributed by atoms with Crippen molar-refractivity contribution in [2.24, 2.45) is 11.8 Å². The Labute approximate surface area is 139 Å². The van der Waals surface area contributed by atoms with E-state index in [0.29, 0.717) is 19.8 Å². The average molecular weight is 327 g/mol. The maximum atomic E-state index is 13.0. The van der Waals surface area contributed by atoms with Gasteiger partial charge in [0.15, 0.2) is 11.9 Å². The monoisotopic (exact) mass is 327 g/mol. The van der Waals surface area contributed by atoms with Gasteiger partial charge in [-0.1, -0.05) is 36.4 Å². The maximum Gasteiger partial charge on any atom is 0.237 e. The van der Waals surface area contributed by atoms with Gasteiger partial charge in [-0.15, -0.1) is 0 Å². The average Bonchev–Trinajstić information content (AvgIpc) is 3.36. The largest absolute Gasteiger partial charge is 0.357 e. The van der Waals surface area contributed by atoms with E-state index >= 15 is 0 Å². The van der Waals surface area contributed by atoms with Crippen molar-refractivity contribution < 1.29 is 23.8 Å². The Kier molecular flexibility index (Phi) is 2.98. The molecule has 4 heterocycles.